The Kier molecular flexibility index (Phi) is 6.71. The van der Waals surface area contributed by atoms with Gasteiger partial charge in [0.25, 0.3) is 5.91 Å². The first kappa shape index (κ1) is 22.2. The molecule has 0 saturated carbocycles. The number of carbonyl (C=O) groups is 2. The van der Waals surface area contributed by atoms with Crippen molar-refractivity contribution in [1.29, 1.82) is 0 Å². The highest BCUT2D eigenvalue weighted by molar-refractivity contribution is 5.98. The van der Waals surface area contributed by atoms with Crippen molar-refractivity contribution >= 4 is 35.6 Å². The van der Waals surface area contributed by atoms with Crippen molar-refractivity contribution in [1.82, 2.24) is 4.90 Å². The summed E-state index contributed by atoms with van der Waals surface area (Å²) in [7, 11) is 0. The Morgan fingerprint density at radius 2 is 1.77 bits per heavy atom. The Morgan fingerprint density at radius 3 is 2.50 bits per heavy atom. The second kappa shape index (κ2) is 9.09. The lowest BCUT2D eigenvalue weighted by Gasteiger charge is -2.37. The van der Waals surface area contributed by atoms with E-state index in [9.17, 15) is 9.59 Å². The Morgan fingerprint density at radius 1 is 1.03 bits per heavy atom. The number of fused-ring (bicyclic) bond motifs is 1. The molecule has 5 nitrogen and oxygen atoms in total. The summed E-state index contributed by atoms with van der Waals surface area (Å²) in [5.41, 5.74) is 11.8. The number of carbonyl (C=O) groups excluding carboxylic acids is 2. The molecule has 30 heavy (non-hydrogen) atoms. The standard InChI is InChI=1S/C24H29N3O2.ClH/c1-16-12-17(2)14-19(13-16)23(28)26-10-4-6-18(15-26)24(29)27-11-5-7-20-21(25)8-3-9-22(20)27;/h3,8-9,12-14,18H,4-7,10-11,15,25H2,1-2H3;1H. The molecule has 4 rings (SSSR count). The highest BCUT2D eigenvalue weighted by Crippen LogP contribution is 2.33. The average Bonchev–Trinajstić information content (AvgIpc) is 2.72. The van der Waals surface area contributed by atoms with E-state index in [-0.39, 0.29) is 30.1 Å². The zero-order valence-corrected chi connectivity index (χ0v) is 18.5. The SMILES string of the molecule is Cc1cc(C)cc(C(=O)N2CCCC(C(=O)N3CCCc4c(N)cccc43)C2)c1.Cl. The highest BCUT2D eigenvalue weighted by Gasteiger charge is 2.34. The van der Waals surface area contributed by atoms with Gasteiger partial charge in [-0.15, -0.1) is 12.4 Å². The minimum atomic E-state index is -0.161. The summed E-state index contributed by atoms with van der Waals surface area (Å²) in [5.74, 6) is -0.0157. The minimum absolute atomic E-state index is 0. The van der Waals surface area contributed by atoms with Gasteiger partial charge in [-0.1, -0.05) is 23.3 Å². The maximum absolute atomic E-state index is 13.4. The van der Waals surface area contributed by atoms with Gasteiger partial charge in [-0.2, -0.15) is 0 Å². The van der Waals surface area contributed by atoms with Crippen LogP contribution in [0.4, 0.5) is 11.4 Å². The molecule has 0 radical (unpaired) electrons. The second-order valence-corrected chi connectivity index (χ2v) is 8.41. The largest absolute Gasteiger partial charge is 0.398 e. The molecule has 0 aliphatic carbocycles. The molecule has 2 N–H and O–H groups in total. The van der Waals surface area contributed by atoms with E-state index < -0.39 is 0 Å². The molecule has 2 amide bonds. The molecule has 0 bridgehead atoms. The monoisotopic (exact) mass is 427 g/mol. The van der Waals surface area contributed by atoms with Crippen LogP contribution in [-0.4, -0.2) is 36.3 Å². The van der Waals surface area contributed by atoms with Gasteiger partial charge in [0.1, 0.15) is 0 Å². The smallest absolute Gasteiger partial charge is 0.253 e. The van der Waals surface area contributed by atoms with E-state index in [2.05, 4.69) is 6.07 Å². The summed E-state index contributed by atoms with van der Waals surface area (Å²) >= 11 is 0. The molecule has 1 saturated heterocycles. The molecule has 1 fully saturated rings. The van der Waals surface area contributed by atoms with Gasteiger partial charge >= 0.3 is 0 Å². The van der Waals surface area contributed by atoms with Crippen LogP contribution in [0.1, 0.15) is 46.3 Å². The van der Waals surface area contributed by atoms with Crippen molar-refractivity contribution in [2.75, 3.05) is 30.3 Å². The van der Waals surface area contributed by atoms with Crippen LogP contribution in [0.25, 0.3) is 0 Å². The third-order valence-electron chi connectivity index (χ3n) is 6.08. The van der Waals surface area contributed by atoms with Crippen LogP contribution in [0.5, 0.6) is 0 Å². The van der Waals surface area contributed by atoms with Crippen molar-refractivity contribution in [2.45, 2.75) is 39.5 Å². The number of piperidine rings is 1. The molecule has 2 aliphatic rings. The van der Waals surface area contributed by atoms with Crippen LogP contribution < -0.4 is 10.6 Å². The predicted octanol–water partition coefficient (Wildman–Crippen LogP) is 4.14. The van der Waals surface area contributed by atoms with Gasteiger partial charge in [-0.25, -0.2) is 0 Å². The van der Waals surface area contributed by atoms with Crippen LogP contribution in [-0.2, 0) is 11.2 Å². The van der Waals surface area contributed by atoms with Crippen LogP contribution >= 0.6 is 12.4 Å². The molecule has 2 aromatic carbocycles. The van der Waals surface area contributed by atoms with E-state index >= 15 is 0 Å². The van der Waals surface area contributed by atoms with Crippen molar-refractivity contribution < 1.29 is 9.59 Å². The number of halogens is 1. The van der Waals surface area contributed by atoms with E-state index in [4.69, 9.17) is 5.73 Å². The maximum Gasteiger partial charge on any atom is 0.253 e. The molecular weight excluding hydrogens is 398 g/mol. The first-order valence-corrected chi connectivity index (χ1v) is 10.5. The topological polar surface area (TPSA) is 66.6 Å². The lowest BCUT2D eigenvalue weighted by Crippen LogP contribution is -2.48. The van der Waals surface area contributed by atoms with Crippen LogP contribution in [0.3, 0.4) is 0 Å². The van der Waals surface area contributed by atoms with Crippen molar-refractivity contribution in [3.8, 4) is 0 Å². The van der Waals surface area contributed by atoms with Crippen molar-refractivity contribution in [2.24, 2.45) is 5.92 Å². The zero-order valence-electron chi connectivity index (χ0n) is 17.7. The van der Waals surface area contributed by atoms with Gasteiger partial charge in [0.05, 0.1) is 5.92 Å². The number of amides is 2. The van der Waals surface area contributed by atoms with Crippen molar-refractivity contribution in [3.05, 3.63) is 58.7 Å². The highest BCUT2D eigenvalue weighted by atomic mass is 35.5. The summed E-state index contributed by atoms with van der Waals surface area (Å²) in [6.07, 6.45) is 3.51. The quantitative estimate of drug-likeness (QED) is 0.732. The first-order valence-electron chi connectivity index (χ1n) is 10.5. The summed E-state index contributed by atoms with van der Waals surface area (Å²) in [6.45, 7) is 5.92. The summed E-state index contributed by atoms with van der Waals surface area (Å²) < 4.78 is 0. The number of anilines is 2. The van der Waals surface area contributed by atoms with Crippen LogP contribution in [0, 0.1) is 19.8 Å². The third kappa shape index (κ3) is 4.31. The van der Waals surface area contributed by atoms with Gasteiger partial charge in [0, 0.05) is 36.6 Å². The molecule has 2 aromatic rings. The normalized spacial score (nSPS) is 18.4. The van der Waals surface area contributed by atoms with Gasteiger partial charge < -0.3 is 15.5 Å². The van der Waals surface area contributed by atoms with E-state index in [1.54, 1.807) is 0 Å². The van der Waals surface area contributed by atoms with Crippen molar-refractivity contribution in [3.63, 3.8) is 0 Å². The average molecular weight is 428 g/mol. The Bertz CT molecular complexity index is 939. The molecule has 2 heterocycles. The number of nitrogens with two attached hydrogens (primary N) is 1. The van der Waals surface area contributed by atoms with E-state index in [0.717, 1.165) is 60.3 Å². The molecule has 0 aromatic heterocycles. The number of nitrogen functional groups attached to an aromatic ring is 1. The molecular formula is C24H30ClN3O2. The molecule has 160 valence electrons. The minimum Gasteiger partial charge on any atom is -0.398 e. The van der Waals surface area contributed by atoms with Gasteiger partial charge in [-0.3, -0.25) is 9.59 Å². The molecule has 1 unspecified atom stereocenters. The Balaban J connectivity index is 0.00000256. The molecule has 2 aliphatic heterocycles. The summed E-state index contributed by atoms with van der Waals surface area (Å²) in [6, 6.07) is 11.7. The number of benzene rings is 2. The lowest BCUT2D eigenvalue weighted by atomic mass is 9.93. The number of hydrogen-bond donors (Lipinski definition) is 1. The van der Waals surface area contributed by atoms with E-state index in [0.29, 0.717) is 18.7 Å². The Labute approximate surface area is 184 Å². The number of likely N-dealkylation sites (tertiary alicyclic amines) is 1. The maximum atomic E-state index is 13.4. The summed E-state index contributed by atoms with van der Waals surface area (Å²) in [5, 5.41) is 0. The molecule has 1 atom stereocenters. The fourth-order valence-corrected chi connectivity index (χ4v) is 4.74. The zero-order chi connectivity index (χ0) is 20.5. The first-order chi connectivity index (χ1) is 13.9. The Hall–Kier alpha value is -2.53. The third-order valence-corrected chi connectivity index (χ3v) is 6.08. The number of hydrogen-bond acceptors (Lipinski definition) is 3. The number of nitrogens with zero attached hydrogens (tertiary/aromatic N) is 2. The number of rotatable bonds is 2. The van der Waals surface area contributed by atoms with Crippen LogP contribution in [0.2, 0.25) is 0 Å². The van der Waals surface area contributed by atoms with Gasteiger partial charge in [-0.05, 0) is 69.4 Å². The van der Waals surface area contributed by atoms with Gasteiger partial charge in [0.15, 0.2) is 0 Å². The number of aryl methyl sites for hydroxylation is 2. The van der Waals surface area contributed by atoms with E-state index in [1.807, 2.05) is 54.0 Å². The summed E-state index contributed by atoms with van der Waals surface area (Å²) in [4.78, 5) is 30.2. The van der Waals surface area contributed by atoms with Gasteiger partial charge in [0.2, 0.25) is 5.91 Å². The van der Waals surface area contributed by atoms with Crippen LogP contribution in [0.15, 0.2) is 36.4 Å². The van der Waals surface area contributed by atoms with E-state index in [1.165, 1.54) is 0 Å². The lowest BCUT2D eigenvalue weighted by molar-refractivity contribution is -0.123. The fourth-order valence-electron chi connectivity index (χ4n) is 4.74. The fraction of sp³-hybridized carbons (Fsp3) is 0.417. The predicted molar refractivity (Wildman–Crippen MR) is 123 cm³/mol. The molecule has 6 heteroatoms. The second-order valence-electron chi connectivity index (χ2n) is 8.41. The molecule has 0 spiro atoms.